The van der Waals surface area contributed by atoms with Crippen LogP contribution in [0.5, 0.6) is 0 Å². The van der Waals surface area contributed by atoms with Crippen LogP contribution in [0.3, 0.4) is 0 Å². The second-order valence-electron chi connectivity index (χ2n) is 7.95. The number of para-hydroxylation sites is 1. The van der Waals surface area contributed by atoms with Crippen molar-refractivity contribution < 1.29 is 0 Å². The van der Waals surface area contributed by atoms with Gasteiger partial charge in [0.25, 0.3) is 0 Å². The van der Waals surface area contributed by atoms with Gasteiger partial charge >= 0.3 is 0 Å². The first kappa shape index (κ1) is 22.8. The maximum absolute atomic E-state index is 6.27. The molecule has 0 saturated carbocycles. The van der Waals surface area contributed by atoms with Gasteiger partial charge in [0.15, 0.2) is 10.9 Å². The Hall–Kier alpha value is -3.94. The van der Waals surface area contributed by atoms with Crippen molar-refractivity contribution in [3.63, 3.8) is 0 Å². The molecule has 0 spiro atoms. The molecule has 0 fully saturated rings. The highest BCUT2D eigenvalue weighted by Crippen LogP contribution is 2.23. The Balaban J connectivity index is 1.27. The molecule has 0 aliphatic heterocycles. The molecule has 5 aromatic rings. The van der Waals surface area contributed by atoms with Gasteiger partial charge in [0.2, 0.25) is 0 Å². The summed E-state index contributed by atoms with van der Waals surface area (Å²) in [6.45, 7) is 1.10. The summed E-state index contributed by atoms with van der Waals surface area (Å²) in [6, 6.07) is 29.8. The van der Waals surface area contributed by atoms with E-state index in [1.54, 1.807) is 0 Å². The average Bonchev–Trinajstić information content (AvgIpc) is 3.52. The smallest absolute Gasteiger partial charge is 0.172 e. The van der Waals surface area contributed by atoms with Crippen molar-refractivity contribution in [2.24, 2.45) is 0 Å². The lowest BCUT2D eigenvalue weighted by atomic mass is 10.1. The Morgan fingerprint density at radius 2 is 1.54 bits per heavy atom. The molecule has 0 atom stereocenters. The van der Waals surface area contributed by atoms with Crippen molar-refractivity contribution in [2.45, 2.75) is 13.1 Å². The predicted octanol–water partition coefficient (Wildman–Crippen LogP) is 5.92. The van der Waals surface area contributed by atoms with Crippen LogP contribution in [0, 0.1) is 0 Å². The summed E-state index contributed by atoms with van der Waals surface area (Å²) in [4.78, 5) is 0. The molecule has 0 unspecified atom stereocenters. The van der Waals surface area contributed by atoms with Crippen LogP contribution in [-0.2, 0) is 13.1 Å². The highest BCUT2D eigenvalue weighted by molar-refractivity contribution is 7.80. The minimum Gasteiger partial charge on any atom is -0.358 e. The van der Waals surface area contributed by atoms with Crippen molar-refractivity contribution in [1.29, 1.82) is 0 Å². The summed E-state index contributed by atoms with van der Waals surface area (Å²) in [5.41, 5.74) is 5.01. The molecular formula is C27H23ClN6S. The van der Waals surface area contributed by atoms with E-state index in [0.29, 0.717) is 24.0 Å². The van der Waals surface area contributed by atoms with Crippen LogP contribution in [0.1, 0.15) is 11.1 Å². The van der Waals surface area contributed by atoms with E-state index in [4.69, 9.17) is 28.9 Å². The van der Waals surface area contributed by atoms with Gasteiger partial charge in [-0.1, -0.05) is 78.3 Å². The molecule has 2 N–H and O–H groups in total. The number of thiocarbonyl (C=S) groups is 1. The fraction of sp³-hybridized carbons (Fsp3) is 0.0741. The first-order valence-electron chi connectivity index (χ1n) is 11.2. The number of nitrogens with one attached hydrogen (secondary N) is 2. The summed E-state index contributed by atoms with van der Waals surface area (Å²) in [6.07, 6.45) is 3.93. The van der Waals surface area contributed by atoms with E-state index in [2.05, 4.69) is 27.9 Å². The van der Waals surface area contributed by atoms with Crippen LogP contribution >= 0.6 is 23.8 Å². The van der Waals surface area contributed by atoms with Gasteiger partial charge in [0.05, 0.1) is 17.9 Å². The molecular weight excluding hydrogens is 476 g/mol. The van der Waals surface area contributed by atoms with Gasteiger partial charge in [-0.15, -0.1) is 0 Å². The summed E-state index contributed by atoms with van der Waals surface area (Å²) < 4.78 is 3.72. The normalized spacial score (nSPS) is 10.8. The highest BCUT2D eigenvalue weighted by Gasteiger charge is 2.13. The van der Waals surface area contributed by atoms with Gasteiger partial charge in [0, 0.05) is 41.2 Å². The van der Waals surface area contributed by atoms with Crippen LogP contribution in [-0.4, -0.2) is 24.7 Å². The Morgan fingerprint density at radius 3 is 2.31 bits per heavy atom. The molecule has 174 valence electrons. The summed E-state index contributed by atoms with van der Waals surface area (Å²) in [7, 11) is 0. The van der Waals surface area contributed by atoms with Crippen molar-refractivity contribution in [2.75, 3.05) is 5.32 Å². The van der Waals surface area contributed by atoms with Crippen LogP contribution in [0.4, 0.5) is 5.82 Å². The predicted molar refractivity (Wildman–Crippen MR) is 145 cm³/mol. The van der Waals surface area contributed by atoms with Crippen molar-refractivity contribution in [1.82, 2.24) is 24.9 Å². The van der Waals surface area contributed by atoms with Gasteiger partial charge in [-0.2, -0.15) is 10.2 Å². The number of rotatable bonds is 7. The molecule has 0 amide bonds. The van der Waals surface area contributed by atoms with Crippen LogP contribution in [0.2, 0.25) is 5.02 Å². The van der Waals surface area contributed by atoms with Crippen molar-refractivity contribution >= 4 is 34.7 Å². The number of nitrogens with zero attached hydrogens (tertiary/aromatic N) is 4. The zero-order valence-electron chi connectivity index (χ0n) is 18.8. The standard InChI is InChI=1S/C27H23ClN6S/c28-24-14-8-7-11-21(24)18-33-16-15-25(31-33)30-27(35)29-17-22-19-34(23-12-5-2-6-13-23)32-26(22)20-9-3-1-4-10-20/h1-16,19H,17-18H2,(H2,29,30,31,35). The third kappa shape index (κ3) is 5.59. The van der Waals surface area contributed by atoms with E-state index in [-0.39, 0.29) is 0 Å². The molecule has 5 rings (SSSR count). The van der Waals surface area contributed by atoms with Gasteiger partial charge in [-0.25, -0.2) is 4.68 Å². The van der Waals surface area contributed by atoms with Crippen molar-refractivity contribution in [3.8, 4) is 16.9 Å². The monoisotopic (exact) mass is 498 g/mol. The van der Waals surface area contributed by atoms with Gasteiger partial charge < -0.3 is 10.6 Å². The van der Waals surface area contributed by atoms with Gasteiger partial charge in [-0.05, 0) is 36.0 Å². The lowest BCUT2D eigenvalue weighted by molar-refractivity contribution is 0.690. The molecule has 6 nitrogen and oxygen atoms in total. The lowest BCUT2D eigenvalue weighted by Crippen LogP contribution is -2.28. The highest BCUT2D eigenvalue weighted by atomic mass is 35.5. The fourth-order valence-electron chi connectivity index (χ4n) is 3.74. The number of aromatic nitrogens is 4. The molecule has 2 heterocycles. The molecule has 0 aliphatic rings. The zero-order valence-corrected chi connectivity index (χ0v) is 20.4. The Kier molecular flexibility index (Phi) is 6.88. The van der Waals surface area contributed by atoms with Crippen LogP contribution in [0.25, 0.3) is 16.9 Å². The summed E-state index contributed by atoms with van der Waals surface area (Å²) >= 11 is 11.8. The minimum absolute atomic E-state index is 0.486. The van der Waals surface area contributed by atoms with E-state index >= 15 is 0 Å². The maximum Gasteiger partial charge on any atom is 0.172 e. The Bertz CT molecular complexity index is 1430. The summed E-state index contributed by atoms with van der Waals surface area (Å²) in [5, 5.41) is 17.1. The average molecular weight is 499 g/mol. The molecule has 0 saturated heterocycles. The van der Waals surface area contributed by atoms with Crippen LogP contribution < -0.4 is 10.6 Å². The fourth-order valence-corrected chi connectivity index (χ4v) is 4.12. The number of halogens is 1. The van der Waals surface area contributed by atoms with Crippen LogP contribution in [0.15, 0.2) is 103 Å². The van der Waals surface area contributed by atoms with E-state index in [1.807, 2.05) is 101 Å². The molecule has 0 radical (unpaired) electrons. The number of benzene rings is 3. The second-order valence-corrected chi connectivity index (χ2v) is 8.76. The first-order chi connectivity index (χ1) is 17.2. The van der Waals surface area contributed by atoms with E-state index in [1.165, 1.54) is 0 Å². The Morgan fingerprint density at radius 1 is 0.829 bits per heavy atom. The van der Waals surface area contributed by atoms with E-state index in [9.17, 15) is 0 Å². The second kappa shape index (κ2) is 10.5. The third-order valence-electron chi connectivity index (χ3n) is 5.47. The molecule has 3 aromatic carbocycles. The van der Waals surface area contributed by atoms with Crippen molar-refractivity contribution in [3.05, 3.63) is 120 Å². The molecule has 8 heteroatoms. The molecule has 35 heavy (non-hydrogen) atoms. The van der Waals surface area contributed by atoms with E-state index in [0.717, 1.165) is 33.1 Å². The SMILES string of the molecule is S=C(NCc1cn(-c2ccccc2)nc1-c1ccccc1)Nc1ccn(Cc2ccccc2Cl)n1. The lowest BCUT2D eigenvalue weighted by Gasteiger charge is -2.09. The summed E-state index contributed by atoms with van der Waals surface area (Å²) in [5.74, 6) is 0.665. The minimum atomic E-state index is 0.486. The number of anilines is 1. The van der Waals surface area contributed by atoms with Gasteiger partial charge in [-0.3, -0.25) is 4.68 Å². The first-order valence-corrected chi connectivity index (χ1v) is 12.0. The Labute approximate surface area is 214 Å². The van der Waals surface area contributed by atoms with E-state index < -0.39 is 0 Å². The van der Waals surface area contributed by atoms with Gasteiger partial charge in [0.1, 0.15) is 0 Å². The largest absolute Gasteiger partial charge is 0.358 e. The zero-order chi connectivity index (χ0) is 24.0. The quantitative estimate of drug-likeness (QED) is 0.272. The molecule has 0 aliphatic carbocycles. The number of hydrogen-bond acceptors (Lipinski definition) is 3. The molecule has 0 bridgehead atoms. The maximum atomic E-state index is 6.27. The third-order valence-corrected chi connectivity index (χ3v) is 6.08. The number of hydrogen-bond donors (Lipinski definition) is 2. The topological polar surface area (TPSA) is 59.7 Å². The molecule has 2 aromatic heterocycles.